The summed E-state index contributed by atoms with van der Waals surface area (Å²) in [6.07, 6.45) is 2.05. The Labute approximate surface area is 152 Å². The first-order valence-electron chi connectivity index (χ1n) is 8.49. The number of hydrogen-bond donors (Lipinski definition) is 2. The van der Waals surface area contributed by atoms with E-state index in [0.29, 0.717) is 11.3 Å². The first kappa shape index (κ1) is 17.7. The Morgan fingerprint density at radius 3 is 2.46 bits per heavy atom. The van der Waals surface area contributed by atoms with E-state index in [1.165, 1.54) is 0 Å². The fourth-order valence-corrected chi connectivity index (χ4v) is 2.64. The van der Waals surface area contributed by atoms with Gasteiger partial charge < -0.3 is 15.0 Å². The molecule has 0 aliphatic carbocycles. The molecule has 1 aromatic heterocycles. The number of esters is 1. The number of aromatic nitrogens is 1. The van der Waals surface area contributed by atoms with Crippen molar-refractivity contribution in [3.63, 3.8) is 0 Å². The second kappa shape index (κ2) is 7.04. The zero-order valence-corrected chi connectivity index (χ0v) is 15.1. The number of H-pyrrole nitrogens is 1. The molecule has 0 unspecified atom stereocenters. The Balaban J connectivity index is 1.63. The highest BCUT2D eigenvalue weighted by Crippen LogP contribution is 2.17. The number of carbonyl (C=O) groups is 2. The fraction of sp³-hybridized carbons (Fsp3) is 0.238. The highest BCUT2D eigenvalue weighted by molar-refractivity contribution is 6.06. The zero-order valence-electron chi connectivity index (χ0n) is 15.1. The van der Waals surface area contributed by atoms with Gasteiger partial charge in [0.15, 0.2) is 0 Å². The van der Waals surface area contributed by atoms with Crippen LogP contribution in [0.15, 0.2) is 54.7 Å². The van der Waals surface area contributed by atoms with Gasteiger partial charge in [-0.2, -0.15) is 0 Å². The SMILES string of the molecule is CC(C)(C)OC(=O)Cc1ccc(NC(=O)c2ccc3cc[nH]c3c2)cc1. The lowest BCUT2D eigenvalue weighted by Crippen LogP contribution is -2.24. The zero-order chi connectivity index (χ0) is 18.7. The molecule has 5 heteroatoms. The Morgan fingerprint density at radius 2 is 1.77 bits per heavy atom. The molecule has 0 spiro atoms. The summed E-state index contributed by atoms with van der Waals surface area (Å²) in [5.41, 5.74) is 2.52. The van der Waals surface area contributed by atoms with Crippen LogP contribution >= 0.6 is 0 Å². The number of rotatable bonds is 4. The van der Waals surface area contributed by atoms with Crippen LogP contribution in [0.5, 0.6) is 0 Å². The molecule has 0 atom stereocenters. The molecule has 1 heterocycles. The fourth-order valence-electron chi connectivity index (χ4n) is 2.64. The van der Waals surface area contributed by atoms with Gasteiger partial charge in [0.05, 0.1) is 6.42 Å². The second-order valence-electron chi connectivity index (χ2n) is 7.19. The van der Waals surface area contributed by atoms with Crippen molar-refractivity contribution in [1.29, 1.82) is 0 Å². The summed E-state index contributed by atoms with van der Waals surface area (Å²) >= 11 is 0. The van der Waals surface area contributed by atoms with Crippen LogP contribution in [0, 0.1) is 0 Å². The van der Waals surface area contributed by atoms with Crippen molar-refractivity contribution in [3.05, 3.63) is 65.9 Å². The lowest BCUT2D eigenvalue weighted by molar-refractivity contribution is -0.153. The highest BCUT2D eigenvalue weighted by atomic mass is 16.6. The van der Waals surface area contributed by atoms with Gasteiger partial charge in [-0.05, 0) is 62.1 Å². The molecule has 0 aliphatic rings. The summed E-state index contributed by atoms with van der Waals surface area (Å²) in [4.78, 5) is 27.4. The standard InChI is InChI=1S/C21H22N2O3/c1-21(2,3)26-19(24)12-14-4-8-17(9-5-14)23-20(25)16-7-6-15-10-11-22-18(15)13-16/h4-11,13,22H,12H2,1-3H3,(H,23,25). The van der Waals surface area contributed by atoms with Crippen LogP contribution in [-0.2, 0) is 16.0 Å². The number of nitrogens with one attached hydrogen (secondary N) is 2. The lowest BCUT2D eigenvalue weighted by atomic mass is 10.1. The van der Waals surface area contributed by atoms with Crippen LogP contribution in [0.1, 0.15) is 36.7 Å². The Kier molecular flexibility index (Phi) is 4.80. The summed E-state index contributed by atoms with van der Waals surface area (Å²) < 4.78 is 5.31. The number of hydrogen-bond acceptors (Lipinski definition) is 3. The molecule has 0 bridgehead atoms. The summed E-state index contributed by atoms with van der Waals surface area (Å²) in [7, 11) is 0. The molecule has 0 fully saturated rings. The molecular weight excluding hydrogens is 328 g/mol. The van der Waals surface area contributed by atoms with E-state index in [9.17, 15) is 9.59 Å². The van der Waals surface area contributed by atoms with E-state index in [4.69, 9.17) is 4.74 Å². The highest BCUT2D eigenvalue weighted by Gasteiger charge is 2.16. The van der Waals surface area contributed by atoms with E-state index < -0.39 is 5.60 Å². The predicted molar refractivity (Wildman–Crippen MR) is 102 cm³/mol. The van der Waals surface area contributed by atoms with Gasteiger partial charge in [-0.1, -0.05) is 18.2 Å². The third-order valence-electron chi connectivity index (χ3n) is 3.80. The molecule has 5 nitrogen and oxygen atoms in total. The van der Waals surface area contributed by atoms with E-state index >= 15 is 0 Å². The monoisotopic (exact) mass is 350 g/mol. The van der Waals surface area contributed by atoms with Gasteiger partial charge in [-0.15, -0.1) is 0 Å². The van der Waals surface area contributed by atoms with Crippen LogP contribution in [0.3, 0.4) is 0 Å². The maximum Gasteiger partial charge on any atom is 0.310 e. The predicted octanol–water partition coefficient (Wildman–Crippen LogP) is 4.30. The van der Waals surface area contributed by atoms with Crippen LogP contribution in [0.25, 0.3) is 10.9 Å². The van der Waals surface area contributed by atoms with Gasteiger partial charge in [-0.3, -0.25) is 9.59 Å². The third kappa shape index (κ3) is 4.51. The summed E-state index contributed by atoms with van der Waals surface area (Å²) in [6.45, 7) is 5.52. The van der Waals surface area contributed by atoms with Gasteiger partial charge in [0.1, 0.15) is 5.60 Å². The minimum absolute atomic E-state index is 0.179. The average Bonchev–Trinajstić information content (AvgIpc) is 3.02. The van der Waals surface area contributed by atoms with Crippen LogP contribution in [0.2, 0.25) is 0 Å². The van der Waals surface area contributed by atoms with Crippen LogP contribution < -0.4 is 5.32 Å². The first-order valence-corrected chi connectivity index (χ1v) is 8.49. The van der Waals surface area contributed by atoms with E-state index in [1.54, 1.807) is 18.2 Å². The molecule has 2 N–H and O–H groups in total. The molecule has 0 saturated heterocycles. The van der Waals surface area contributed by atoms with Gasteiger partial charge in [-0.25, -0.2) is 0 Å². The van der Waals surface area contributed by atoms with Crippen molar-refractivity contribution in [2.24, 2.45) is 0 Å². The Bertz CT molecular complexity index is 934. The number of benzene rings is 2. The summed E-state index contributed by atoms with van der Waals surface area (Å²) in [6, 6.07) is 14.7. The van der Waals surface area contributed by atoms with Gasteiger partial charge in [0.25, 0.3) is 5.91 Å². The maximum atomic E-state index is 12.4. The Morgan fingerprint density at radius 1 is 1.04 bits per heavy atom. The van der Waals surface area contributed by atoms with Crippen LogP contribution in [0.4, 0.5) is 5.69 Å². The van der Waals surface area contributed by atoms with Crippen molar-refractivity contribution in [2.75, 3.05) is 5.32 Å². The Hall–Kier alpha value is -3.08. The van der Waals surface area contributed by atoms with Crippen molar-refractivity contribution in [1.82, 2.24) is 4.98 Å². The third-order valence-corrected chi connectivity index (χ3v) is 3.80. The normalized spacial score (nSPS) is 11.3. The van der Waals surface area contributed by atoms with Gasteiger partial charge in [0, 0.05) is 23.0 Å². The number of carbonyl (C=O) groups excluding carboxylic acids is 2. The first-order chi connectivity index (χ1) is 12.3. The molecule has 0 radical (unpaired) electrons. The number of fused-ring (bicyclic) bond motifs is 1. The van der Waals surface area contributed by atoms with Gasteiger partial charge >= 0.3 is 5.97 Å². The average molecular weight is 350 g/mol. The largest absolute Gasteiger partial charge is 0.460 e. The number of ether oxygens (including phenoxy) is 1. The van der Waals surface area contributed by atoms with E-state index in [-0.39, 0.29) is 18.3 Å². The molecule has 2 aromatic carbocycles. The van der Waals surface area contributed by atoms with Gasteiger partial charge in [0.2, 0.25) is 0 Å². The molecule has 26 heavy (non-hydrogen) atoms. The topological polar surface area (TPSA) is 71.2 Å². The summed E-state index contributed by atoms with van der Waals surface area (Å²) in [5, 5.41) is 3.93. The van der Waals surface area contributed by atoms with Crippen molar-refractivity contribution in [2.45, 2.75) is 32.8 Å². The molecule has 134 valence electrons. The van der Waals surface area contributed by atoms with E-state index in [1.807, 2.05) is 57.3 Å². The van der Waals surface area contributed by atoms with Crippen molar-refractivity contribution in [3.8, 4) is 0 Å². The molecular formula is C21H22N2O3. The lowest BCUT2D eigenvalue weighted by Gasteiger charge is -2.19. The molecule has 3 rings (SSSR count). The minimum Gasteiger partial charge on any atom is -0.460 e. The van der Waals surface area contributed by atoms with Crippen LogP contribution in [-0.4, -0.2) is 22.5 Å². The van der Waals surface area contributed by atoms with E-state index in [2.05, 4.69) is 10.3 Å². The van der Waals surface area contributed by atoms with E-state index in [0.717, 1.165) is 16.5 Å². The molecule has 3 aromatic rings. The quantitative estimate of drug-likeness (QED) is 0.689. The molecule has 0 aliphatic heterocycles. The van der Waals surface area contributed by atoms with Crippen molar-refractivity contribution >= 4 is 28.5 Å². The smallest absolute Gasteiger partial charge is 0.310 e. The maximum absolute atomic E-state index is 12.4. The number of anilines is 1. The molecule has 0 saturated carbocycles. The minimum atomic E-state index is -0.495. The summed E-state index contributed by atoms with van der Waals surface area (Å²) in [5.74, 6) is -0.449. The molecule has 1 amide bonds. The van der Waals surface area contributed by atoms with Crippen molar-refractivity contribution < 1.29 is 14.3 Å². The number of aromatic amines is 1. The number of amides is 1. The second-order valence-corrected chi connectivity index (χ2v) is 7.19.